The minimum atomic E-state index is -0.307. The molecule has 1 aromatic carbocycles. The van der Waals surface area contributed by atoms with Crippen LogP contribution in [0.4, 0.5) is 0 Å². The molecule has 0 unspecified atom stereocenters. The second-order valence-corrected chi connectivity index (χ2v) is 8.27. The molecule has 0 spiro atoms. The fourth-order valence-electron chi connectivity index (χ4n) is 4.26. The molecule has 4 heterocycles. The minimum absolute atomic E-state index is 0.0847. The van der Waals surface area contributed by atoms with E-state index in [0.717, 1.165) is 40.6 Å². The number of nitrogens with zero attached hydrogens (tertiary/aromatic N) is 3. The predicted molar refractivity (Wildman–Crippen MR) is 121 cm³/mol. The molecule has 2 amide bonds. The smallest absolute Gasteiger partial charge is 0.290 e. The van der Waals surface area contributed by atoms with E-state index in [0.29, 0.717) is 25.4 Å². The maximum atomic E-state index is 13.1. The summed E-state index contributed by atoms with van der Waals surface area (Å²) in [5.74, 6) is 0.341. The summed E-state index contributed by atoms with van der Waals surface area (Å²) >= 11 is 0. The lowest BCUT2D eigenvalue weighted by molar-refractivity contribution is 0.0680. The van der Waals surface area contributed by atoms with E-state index in [4.69, 9.17) is 8.94 Å². The molecule has 168 valence electrons. The molecule has 1 N–H and O–H groups in total. The first-order valence-electron chi connectivity index (χ1n) is 11.0. The number of aryl methyl sites for hydroxylation is 1. The summed E-state index contributed by atoms with van der Waals surface area (Å²) in [5, 5.41) is 7.91. The van der Waals surface area contributed by atoms with Gasteiger partial charge in [-0.2, -0.15) is 0 Å². The van der Waals surface area contributed by atoms with Crippen molar-refractivity contribution in [1.82, 2.24) is 20.4 Å². The van der Waals surface area contributed by atoms with E-state index < -0.39 is 0 Å². The summed E-state index contributed by atoms with van der Waals surface area (Å²) in [6, 6.07) is 13.1. The normalized spacial score (nSPS) is 14.5. The molecule has 4 aromatic rings. The molecule has 5 rings (SSSR count). The zero-order valence-electron chi connectivity index (χ0n) is 18.3. The van der Waals surface area contributed by atoms with Crippen LogP contribution in [0.5, 0.6) is 0 Å². The Morgan fingerprint density at radius 1 is 1.12 bits per heavy atom. The fourth-order valence-corrected chi connectivity index (χ4v) is 4.26. The first-order chi connectivity index (χ1) is 16.1. The van der Waals surface area contributed by atoms with Crippen molar-refractivity contribution in [2.45, 2.75) is 32.2 Å². The first kappa shape index (κ1) is 20.9. The molecule has 0 bridgehead atoms. The van der Waals surface area contributed by atoms with Gasteiger partial charge in [0.05, 0.1) is 5.69 Å². The van der Waals surface area contributed by atoms with Gasteiger partial charge >= 0.3 is 0 Å². The molecule has 8 heteroatoms. The van der Waals surface area contributed by atoms with E-state index in [1.165, 1.54) is 0 Å². The summed E-state index contributed by atoms with van der Waals surface area (Å²) in [4.78, 5) is 31.2. The van der Waals surface area contributed by atoms with Crippen LogP contribution in [0.25, 0.3) is 11.0 Å². The molecular weight excluding hydrogens is 420 g/mol. The quantitative estimate of drug-likeness (QED) is 0.498. The number of para-hydroxylation sites is 1. The molecule has 1 aliphatic heterocycles. The van der Waals surface area contributed by atoms with Crippen LogP contribution < -0.4 is 5.32 Å². The Balaban J connectivity index is 1.19. The molecule has 0 aliphatic carbocycles. The average Bonchev–Trinajstić information content (AvgIpc) is 3.49. The second kappa shape index (κ2) is 8.90. The Morgan fingerprint density at radius 2 is 1.88 bits per heavy atom. The molecule has 33 heavy (non-hydrogen) atoms. The molecule has 1 saturated heterocycles. The van der Waals surface area contributed by atoms with Crippen LogP contribution in [0.15, 0.2) is 63.8 Å². The van der Waals surface area contributed by atoms with Crippen LogP contribution in [0.1, 0.15) is 56.7 Å². The maximum absolute atomic E-state index is 13.1. The third kappa shape index (κ3) is 4.24. The number of rotatable bonds is 5. The summed E-state index contributed by atoms with van der Waals surface area (Å²) in [5.41, 5.74) is 3.30. The van der Waals surface area contributed by atoms with Crippen molar-refractivity contribution < 1.29 is 18.5 Å². The summed E-state index contributed by atoms with van der Waals surface area (Å²) < 4.78 is 11.1. The van der Waals surface area contributed by atoms with E-state index in [9.17, 15) is 9.59 Å². The zero-order chi connectivity index (χ0) is 22.8. The molecule has 0 radical (unpaired) electrons. The standard InChI is InChI=1S/C25H24N4O4/c1-16-19-4-2-3-5-21(19)32-23(16)25(31)29-12-8-18(9-13-29)20-14-22(33-28-20)24(30)27-15-17-6-10-26-11-7-17/h2-7,10-11,14,18H,8-9,12-13,15H2,1H3,(H,27,30). The van der Waals surface area contributed by atoms with Gasteiger partial charge in [0.2, 0.25) is 5.76 Å². The Labute approximate surface area is 190 Å². The van der Waals surface area contributed by atoms with E-state index in [-0.39, 0.29) is 23.5 Å². The lowest BCUT2D eigenvalue weighted by Gasteiger charge is -2.30. The van der Waals surface area contributed by atoms with Gasteiger partial charge in [0.1, 0.15) is 5.58 Å². The van der Waals surface area contributed by atoms with Gasteiger partial charge in [-0.15, -0.1) is 0 Å². The number of likely N-dealkylation sites (tertiary alicyclic amines) is 1. The number of amides is 2. The highest BCUT2D eigenvalue weighted by Crippen LogP contribution is 2.31. The Bertz CT molecular complexity index is 1290. The van der Waals surface area contributed by atoms with E-state index in [1.54, 1.807) is 18.5 Å². The van der Waals surface area contributed by atoms with Crippen molar-refractivity contribution in [3.63, 3.8) is 0 Å². The molecular formula is C25H24N4O4. The highest BCUT2D eigenvalue weighted by molar-refractivity contribution is 5.99. The van der Waals surface area contributed by atoms with Crippen molar-refractivity contribution in [1.29, 1.82) is 0 Å². The van der Waals surface area contributed by atoms with Gasteiger partial charge in [-0.3, -0.25) is 14.6 Å². The van der Waals surface area contributed by atoms with Gasteiger partial charge in [0, 0.05) is 55.0 Å². The minimum Gasteiger partial charge on any atom is -0.451 e. The summed E-state index contributed by atoms with van der Waals surface area (Å²) in [6.07, 6.45) is 4.85. The predicted octanol–water partition coefficient (Wildman–Crippen LogP) is 4.07. The average molecular weight is 444 g/mol. The molecule has 1 fully saturated rings. The second-order valence-electron chi connectivity index (χ2n) is 8.27. The Kier molecular flexibility index (Phi) is 5.64. The van der Waals surface area contributed by atoms with Gasteiger partial charge in [-0.05, 0) is 43.5 Å². The van der Waals surface area contributed by atoms with E-state index >= 15 is 0 Å². The van der Waals surface area contributed by atoms with E-state index in [1.807, 2.05) is 48.2 Å². The van der Waals surface area contributed by atoms with Gasteiger partial charge < -0.3 is 19.2 Å². The largest absolute Gasteiger partial charge is 0.451 e. The number of hydrogen-bond donors (Lipinski definition) is 1. The number of piperidine rings is 1. The molecule has 3 aromatic heterocycles. The number of carbonyl (C=O) groups is 2. The molecule has 8 nitrogen and oxygen atoms in total. The Hall–Kier alpha value is -3.94. The van der Waals surface area contributed by atoms with Crippen LogP contribution in [-0.2, 0) is 6.54 Å². The van der Waals surface area contributed by atoms with Crippen LogP contribution in [-0.4, -0.2) is 39.9 Å². The molecule has 0 atom stereocenters. The van der Waals surface area contributed by atoms with Crippen LogP contribution in [0, 0.1) is 6.92 Å². The number of nitrogens with one attached hydrogen (secondary N) is 1. The SMILES string of the molecule is Cc1c(C(=O)N2CCC(c3cc(C(=O)NCc4ccncc4)on3)CC2)oc2ccccc12. The third-order valence-corrected chi connectivity index (χ3v) is 6.19. The maximum Gasteiger partial charge on any atom is 0.290 e. The lowest BCUT2D eigenvalue weighted by Crippen LogP contribution is -2.38. The van der Waals surface area contributed by atoms with Crippen LogP contribution in [0.3, 0.4) is 0 Å². The summed E-state index contributed by atoms with van der Waals surface area (Å²) in [7, 11) is 0. The number of benzene rings is 1. The number of carbonyl (C=O) groups excluding carboxylic acids is 2. The van der Waals surface area contributed by atoms with Crippen molar-refractivity contribution in [3.8, 4) is 0 Å². The highest BCUT2D eigenvalue weighted by Gasteiger charge is 2.29. The molecule has 1 aliphatic rings. The van der Waals surface area contributed by atoms with Crippen molar-refractivity contribution >= 4 is 22.8 Å². The Morgan fingerprint density at radius 3 is 2.64 bits per heavy atom. The van der Waals surface area contributed by atoms with Crippen molar-refractivity contribution in [3.05, 3.63) is 83.2 Å². The van der Waals surface area contributed by atoms with Gasteiger partial charge in [-0.1, -0.05) is 23.4 Å². The number of fused-ring (bicyclic) bond motifs is 1. The highest BCUT2D eigenvalue weighted by atomic mass is 16.5. The van der Waals surface area contributed by atoms with Crippen LogP contribution >= 0.6 is 0 Å². The van der Waals surface area contributed by atoms with Crippen molar-refractivity contribution in [2.75, 3.05) is 13.1 Å². The van der Waals surface area contributed by atoms with Crippen molar-refractivity contribution in [2.24, 2.45) is 0 Å². The number of furan rings is 1. The first-order valence-corrected chi connectivity index (χ1v) is 11.0. The van der Waals surface area contributed by atoms with Gasteiger partial charge in [0.15, 0.2) is 5.76 Å². The topological polar surface area (TPSA) is 101 Å². The van der Waals surface area contributed by atoms with Gasteiger partial charge in [0.25, 0.3) is 11.8 Å². The monoisotopic (exact) mass is 444 g/mol. The number of pyridine rings is 1. The van der Waals surface area contributed by atoms with Crippen LogP contribution in [0.2, 0.25) is 0 Å². The fraction of sp³-hybridized carbons (Fsp3) is 0.280. The van der Waals surface area contributed by atoms with E-state index in [2.05, 4.69) is 15.5 Å². The number of aromatic nitrogens is 2. The zero-order valence-corrected chi connectivity index (χ0v) is 18.3. The lowest BCUT2D eigenvalue weighted by atomic mass is 9.93. The van der Waals surface area contributed by atoms with Gasteiger partial charge in [-0.25, -0.2) is 0 Å². The molecule has 0 saturated carbocycles. The third-order valence-electron chi connectivity index (χ3n) is 6.19. The number of hydrogen-bond acceptors (Lipinski definition) is 6. The summed E-state index contributed by atoms with van der Waals surface area (Å²) in [6.45, 7) is 3.49.